The van der Waals surface area contributed by atoms with Crippen LogP contribution in [0.4, 0.5) is 0 Å². The maximum Gasteiger partial charge on any atom is 0.278 e. The average molecular weight is 317 g/mol. The van der Waals surface area contributed by atoms with Crippen LogP contribution in [0.1, 0.15) is 30.8 Å². The largest absolute Gasteiger partial charge is 0.321 e. The van der Waals surface area contributed by atoms with Crippen molar-refractivity contribution in [3.63, 3.8) is 0 Å². The summed E-state index contributed by atoms with van der Waals surface area (Å²) in [7, 11) is 0. The zero-order valence-corrected chi connectivity index (χ0v) is 13.0. The van der Waals surface area contributed by atoms with E-state index >= 15 is 0 Å². The van der Waals surface area contributed by atoms with Gasteiger partial charge < -0.3 is 5.73 Å². The lowest BCUT2D eigenvalue weighted by Gasteiger charge is -2.17. The number of nitrogens with zero attached hydrogens (tertiary/aromatic N) is 3. The van der Waals surface area contributed by atoms with Gasteiger partial charge in [-0.25, -0.2) is 4.52 Å². The van der Waals surface area contributed by atoms with Crippen LogP contribution in [0.5, 0.6) is 0 Å². The van der Waals surface area contributed by atoms with Gasteiger partial charge in [0.1, 0.15) is 16.5 Å². The van der Waals surface area contributed by atoms with Gasteiger partial charge in [-0.05, 0) is 24.1 Å². The minimum absolute atomic E-state index is 0.135. The van der Waals surface area contributed by atoms with E-state index in [0.29, 0.717) is 29.5 Å². The molecule has 6 heteroatoms. The molecule has 2 aromatic heterocycles. The number of rotatable bonds is 4. The first-order chi connectivity index (χ1) is 10.6. The summed E-state index contributed by atoms with van der Waals surface area (Å²) in [4.78, 5) is 12.8. The maximum atomic E-state index is 12.8. The molecule has 1 atom stereocenters. The summed E-state index contributed by atoms with van der Waals surface area (Å²) in [5.41, 5.74) is 7.49. The molecule has 0 fully saturated rings. The minimum Gasteiger partial charge on any atom is -0.321 e. The Morgan fingerprint density at radius 3 is 2.64 bits per heavy atom. The quantitative estimate of drug-likeness (QED) is 0.804. The second-order valence-corrected chi connectivity index (χ2v) is 5.59. The van der Waals surface area contributed by atoms with Crippen molar-refractivity contribution in [1.82, 2.24) is 14.2 Å². The van der Waals surface area contributed by atoms with Crippen molar-refractivity contribution in [2.45, 2.75) is 25.9 Å². The average Bonchev–Trinajstić information content (AvgIpc) is 2.91. The van der Waals surface area contributed by atoms with E-state index in [1.54, 1.807) is 16.7 Å². The van der Waals surface area contributed by atoms with E-state index in [1.807, 2.05) is 37.3 Å². The Morgan fingerprint density at radius 2 is 1.95 bits per heavy atom. The molecule has 1 unspecified atom stereocenters. The molecule has 0 bridgehead atoms. The highest BCUT2D eigenvalue weighted by atomic mass is 35.5. The van der Waals surface area contributed by atoms with Crippen LogP contribution in [0.25, 0.3) is 5.52 Å². The second-order valence-electron chi connectivity index (χ2n) is 5.20. The van der Waals surface area contributed by atoms with Crippen LogP contribution in [-0.2, 0) is 6.54 Å². The molecule has 3 rings (SSSR count). The zero-order chi connectivity index (χ0) is 15.7. The number of hydrogen-bond donors (Lipinski definition) is 1. The number of hydrogen-bond acceptors (Lipinski definition) is 3. The molecule has 0 spiro atoms. The summed E-state index contributed by atoms with van der Waals surface area (Å²) in [6, 6.07) is 12.8. The number of halogens is 1. The van der Waals surface area contributed by atoms with Crippen molar-refractivity contribution >= 4 is 17.1 Å². The lowest BCUT2D eigenvalue weighted by atomic mass is 10.2. The topological polar surface area (TPSA) is 65.3 Å². The Hall–Kier alpha value is -2.11. The van der Waals surface area contributed by atoms with Gasteiger partial charge in [0.2, 0.25) is 0 Å². The predicted octanol–water partition coefficient (Wildman–Crippen LogP) is 2.61. The molecule has 2 N–H and O–H groups in total. The summed E-state index contributed by atoms with van der Waals surface area (Å²) in [5.74, 6) is 0.543. The van der Waals surface area contributed by atoms with E-state index < -0.39 is 0 Å². The van der Waals surface area contributed by atoms with Crippen LogP contribution in [-0.4, -0.2) is 14.2 Å². The molecule has 0 aliphatic rings. The van der Waals surface area contributed by atoms with Crippen LogP contribution in [0.15, 0.2) is 47.3 Å². The van der Waals surface area contributed by atoms with E-state index in [1.165, 1.54) is 4.52 Å². The molecule has 22 heavy (non-hydrogen) atoms. The standard InChI is InChI=1S/C16H17ClN4O/c1-2-12(18)15-19-21-13(8-9-14(21)17)16(22)20(15)10-11-6-4-3-5-7-11/h3-9,12H,2,10,18H2,1H3. The van der Waals surface area contributed by atoms with Crippen molar-refractivity contribution in [1.29, 1.82) is 0 Å². The van der Waals surface area contributed by atoms with Crippen LogP contribution in [0.2, 0.25) is 5.15 Å². The summed E-state index contributed by atoms with van der Waals surface area (Å²) in [6.07, 6.45) is 0.686. The number of benzene rings is 1. The van der Waals surface area contributed by atoms with Gasteiger partial charge in [0.05, 0.1) is 12.6 Å². The van der Waals surface area contributed by atoms with E-state index in [2.05, 4.69) is 5.10 Å². The third kappa shape index (κ3) is 2.53. The van der Waals surface area contributed by atoms with Crippen molar-refractivity contribution in [3.8, 4) is 0 Å². The Balaban J connectivity index is 2.22. The van der Waals surface area contributed by atoms with Gasteiger partial charge in [-0.15, -0.1) is 0 Å². The minimum atomic E-state index is -0.320. The smallest absolute Gasteiger partial charge is 0.278 e. The Labute approximate surface area is 132 Å². The first kappa shape index (κ1) is 14.8. The Morgan fingerprint density at radius 1 is 1.23 bits per heavy atom. The van der Waals surface area contributed by atoms with Gasteiger partial charge in [-0.1, -0.05) is 48.9 Å². The highest BCUT2D eigenvalue weighted by molar-refractivity contribution is 6.29. The van der Waals surface area contributed by atoms with E-state index in [9.17, 15) is 4.79 Å². The van der Waals surface area contributed by atoms with E-state index in [-0.39, 0.29) is 11.6 Å². The molecule has 3 aromatic rings. The molecule has 0 aliphatic carbocycles. The van der Waals surface area contributed by atoms with Gasteiger partial charge in [-0.3, -0.25) is 9.36 Å². The molecular weight excluding hydrogens is 300 g/mol. The first-order valence-electron chi connectivity index (χ1n) is 7.19. The Bertz CT molecular complexity index is 854. The van der Waals surface area contributed by atoms with E-state index in [4.69, 9.17) is 17.3 Å². The van der Waals surface area contributed by atoms with Gasteiger partial charge in [0.15, 0.2) is 0 Å². The van der Waals surface area contributed by atoms with E-state index in [0.717, 1.165) is 5.56 Å². The lowest BCUT2D eigenvalue weighted by Crippen LogP contribution is -2.31. The van der Waals surface area contributed by atoms with Crippen molar-refractivity contribution in [2.75, 3.05) is 0 Å². The third-order valence-electron chi connectivity index (χ3n) is 3.71. The molecule has 2 heterocycles. The molecule has 0 saturated carbocycles. The second kappa shape index (κ2) is 5.94. The fraction of sp³-hybridized carbons (Fsp3) is 0.250. The van der Waals surface area contributed by atoms with Gasteiger partial charge in [0.25, 0.3) is 5.56 Å². The fourth-order valence-electron chi connectivity index (χ4n) is 2.44. The molecule has 1 aromatic carbocycles. The van der Waals surface area contributed by atoms with Crippen molar-refractivity contribution < 1.29 is 0 Å². The molecule has 0 amide bonds. The van der Waals surface area contributed by atoms with Gasteiger partial charge >= 0.3 is 0 Å². The molecular formula is C16H17ClN4O. The maximum absolute atomic E-state index is 12.8. The number of fused-ring (bicyclic) bond motifs is 1. The first-order valence-corrected chi connectivity index (χ1v) is 7.57. The highest BCUT2D eigenvalue weighted by Crippen LogP contribution is 2.16. The molecule has 0 radical (unpaired) electrons. The molecule has 0 saturated heterocycles. The number of aromatic nitrogens is 3. The molecule has 5 nitrogen and oxygen atoms in total. The van der Waals surface area contributed by atoms with Crippen LogP contribution in [0, 0.1) is 0 Å². The van der Waals surface area contributed by atoms with Gasteiger partial charge in [0, 0.05) is 0 Å². The number of nitrogens with two attached hydrogens (primary N) is 1. The van der Waals surface area contributed by atoms with Crippen molar-refractivity contribution in [2.24, 2.45) is 5.73 Å². The SMILES string of the molecule is CCC(N)c1nn2c(Cl)ccc2c(=O)n1Cc1ccccc1. The normalized spacial score (nSPS) is 12.7. The monoisotopic (exact) mass is 316 g/mol. The highest BCUT2D eigenvalue weighted by Gasteiger charge is 2.17. The van der Waals surface area contributed by atoms with Crippen LogP contribution >= 0.6 is 11.6 Å². The predicted molar refractivity (Wildman–Crippen MR) is 87.2 cm³/mol. The van der Waals surface area contributed by atoms with Gasteiger partial charge in [-0.2, -0.15) is 5.10 Å². The van der Waals surface area contributed by atoms with Crippen molar-refractivity contribution in [3.05, 3.63) is 69.4 Å². The van der Waals surface area contributed by atoms with Crippen LogP contribution < -0.4 is 11.3 Å². The third-order valence-corrected chi connectivity index (χ3v) is 3.99. The summed E-state index contributed by atoms with van der Waals surface area (Å²) in [5, 5.41) is 4.89. The molecule has 0 aliphatic heterocycles. The van der Waals surface area contributed by atoms with Crippen LogP contribution in [0.3, 0.4) is 0 Å². The lowest BCUT2D eigenvalue weighted by molar-refractivity contribution is 0.548. The summed E-state index contributed by atoms with van der Waals surface area (Å²) >= 11 is 6.09. The fourth-order valence-corrected chi connectivity index (χ4v) is 2.63. The zero-order valence-electron chi connectivity index (χ0n) is 12.2. The Kier molecular flexibility index (Phi) is 4.00. The summed E-state index contributed by atoms with van der Waals surface area (Å²) in [6.45, 7) is 2.40. The summed E-state index contributed by atoms with van der Waals surface area (Å²) < 4.78 is 3.09. The molecule has 114 valence electrons.